The smallest absolute Gasteiger partial charge is 0.320 e. The molecule has 2 rings (SSSR count). The average Bonchev–Trinajstić information content (AvgIpc) is 2.67. The maximum Gasteiger partial charge on any atom is 0.320 e. The van der Waals surface area contributed by atoms with Crippen LogP contribution < -0.4 is 14.8 Å². The summed E-state index contributed by atoms with van der Waals surface area (Å²) < 4.78 is 24.3. The Morgan fingerprint density at radius 1 is 1.26 bits per heavy atom. The Balaban J connectivity index is 2.11. The zero-order valence-electron chi connectivity index (χ0n) is 15.4. The molecule has 0 aliphatic carbocycles. The molecular formula is C20H24FNO4S. The maximum absolute atomic E-state index is 13.0. The normalized spacial score (nSPS) is 11.8. The Hall–Kier alpha value is -2.25. The highest BCUT2D eigenvalue weighted by Gasteiger charge is 2.18. The van der Waals surface area contributed by atoms with Crippen LogP contribution in [0, 0.1) is 5.82 Å². The highest BCUT2D eigenvalue weighted by atomic mass is 32.2. The molecule has 5 nitrogen and oxygen atoms in total. The van der Waals surface area contributed by atoms with E-state index in [0.717, 1.165) is 16.9 Å². The van der Waals surface area contributed by atoms with Crippen LogP contribution in [0.15, 0.2) is 42.5 Å². The number of carboxylic acid groups (broad SMARTS) is 1. The molecule has 0 amide bonds. The fourth-order valence-electron chi connectivity index (χ4n) is 2.54. The number of nitrogens with one attached hydrogen (secondary N) is 1. The van der Waals surface area contributed by atoms with Crippen molar-refractivity contribution < 1.29 is 23.8 Å². The summed E-state index contributed by atoms with van der Waals surface area (Å²) in [6.07, 6.45) is 2.48. The number of carboxylic acids is 1. The summed E-state index contributed by atoms with van der Waals surface area (Å²) in [6, 6.07) is 10.9. The van der Waals surface area contributed by atoms with Crippen molar-refractivity contribution in [2.75, 3.05) is 19.1 Å². The Labute approximate surface area is 162 Å². The number of hydrogen-bond donors (Lipinski definition) is 2. The zero-order valence-corrected chi connectivity index (χ0v) is 16.2. The minimum absolute atomic E-state index is 0.252. The first-order valence-electron chi connectivity index (χ1n) is 8.53. The summed E-state index contributed by atoms with van der Waals surface area (Å²) >= 11 is 1.61. The quantitative estimate of drug-likeness (QED) is 0.607. The second-order valence-electron chi connectivity index (χ2n) is 5.92. The predicted molar refractivity (Wildman–Crippen MR) is 105 cm³/mol. The van der Waals surface area contributed by atoms with Gasteiger partial charge in [0.1, 0.15) is 18.5 Å². The fraction of sp³-hybridized carbons (Fsp3) is 0.350. The number of thioether (sulfide) groups is 1. The van der Waals surface area contributed by atoms with E-state index in [4.69, 9.17) is 9.47 Å². The van der Waals surface area contributed by atoms with Gasteiger partial charge < -0.3 is 19.9 Å². The molecule has 2 N–H and O–H groups in total. The number of halogens is 1. The summed E-state index contributed by atoms with van der Waals surface area (Å²) in [5.41, 5.74) is 1.62. The van der Waals surface area contributed by atoms with Crippen molar-refractivity contribution in [1.82, 2.24) is 5.32 Å². The van der Waals surface area contributed by atoms with Gasteiger partial charge in [-0.05, 0) is 42.2 Å². The molecule has 0 aromatic heterocycles. The molecule has 2 aromatic rings. The molecule has 7 heteroatoms. The van der Waals surface area contributed by atoms with Gasteiger partial charge in [-0.15, -0.1) is 0 Å². The number of rotatable bonds is 11. The SMILES string of the molecule is COc1cccc(CNC(CCSC)C(=O)O)c1OCc1ccc(F)cc1. The van der Waals surface area contributed by atoms with E-state index < -0.39 is 12.0 Å². The van der Waals surface area contributed by atoms with Crippen LogP contribution >= 0.6 is 11.8 Å². The molecule has 0 radical (unpaired) electrons. The van der Waals surface area contributed by atoms with Crippen LogP contribution in [0.4, 0.5) is 4.39 Å². The van der Waals surface area contributed by atoms with E-state index in [1.165, 1.54) is 12.1 Å². The average molecular weight is 393 g/mol. The summed E-state index contributed by atoms with van der Waals surface area (Å²) in [7, 11) is 1.55. The summed E-state index contributed by atoms with van der Waals surface area (Å²) in [5.74, 6) is 0.695. The van der Waals surface area contributed by atoms with Gasteiger partial charge in [-0.3, -0.25) is 4.79 Å². The van der Waals surface area contributed by atoms with E-state index >= 15 is 0 Å². The molecule has 0 saturated carbocycles. The molecule has 1 unspecified atom stereocenters. The van der Waals surface area contributed by atoms with Crippen LogP contribution in [0.1, 0.15) is 17.5 Å². The van der Waals surface area contributed by atoms with Gasteiger partial charge in [-0.2, -0.15) is 11.8 Å². The predicted octanol–water partition coefficient (Wildman–Crippen LogP) is 3.71. The van der Waals surface area contributed by atoms with Gasteiger partial charge in [-0.1, -0.05) is 24.3 Å². The molecule has 0 bridgehead atoms. The van der Waals surface area contributed by atoms with Gasteiger partial charge in [0.2, 0.25) is 0 Å². The number of methoxy groups -OCH3 is 1. The lowest BCUT2D eigenvalue weighted by molar-refractivity contribution is -0.139. The molecule has 0 saturated heterocycles. The van der Waals surface area contributed by atoms with Gasteiger partial charge in [0.05, 0.1) is 7.11 Å². The Morgan fingerprint density at radius 3 is 2.63 bits per heavy atom. The first-order valence-corrected chi connectivity index (χ1v) is 9.92. The van der Waals surface area contributed by atoms with E-state index in [-0.39, 0.29) is 12.4 Å². The van der Waals surface area contributed by atoms with Crippen molar-refractivity contribution in [3.8, 4) is 11.5 Å². The van der Waals surface area contributed by atoms with Crippen molar-refractivity contribution in [2.24, 2.45) is 0 Å². The minimum Gasteiger partial charge on any atom is -0.493 e. The number of ether oxygens (including phenoxy) is 2. The molecular weight excluding hydrogens is 369 g/mol. The van der Waals surface area contributed by atoms with Crippen molar-refractivity contribution in [2.45, 2.75) is 25.6 Å². The van der Waals surface area contributed by atoms with E-state index in [0.29, 0.717) is 24.5 Å². The number of aliphatic carboxylic acids is 1. The maximum atomic E-state index is 13.0. The first-order chi connectivity index (χ1) is 13.0. The third kappa shape index (κ3) is 6.45. The van der Waals surface area contributed by atoms with Crippen LogP contribution in [0.5, 0.6) is 11.5 Å². The molecule has 0 aliphatic rings. The lowest BCUT2D eigenvalue weighted by Gasteiger charge is -2.18. The van der Waals surface area contributed by atoms with Gasteiger partial charge in [0.15, 0.2) is 11.5 Å². The van der Waals surface area contributed by atoms with Gasteiger partial charge in [0.25, 0.3) is 0 Å². The molecule has 0 aliphatic heterocycles. The van der Waals surface area contributed by atoms with Gasteiger partial charge in [0, 0.05) is 12.1 Å². The lowest BCUT2D eigenvalue weighted by atomic mass is 10.1. The second-order valence-corrected chi connectivity index (χ2v) is 6.90. The molecule has 146 valence electrons. The Kier molecular flexibility index (Phi) is 8.42. The second kappa shape index (κ2) is 10.8. The van der Waals surface area contributed by atoms with Crippen molar-refractivity contribution >= 4 is 17.7 Å². The first kappa shape index (κ1) is 21.1. The monoisotopic (exact) mass is 393 g/mol. The van der Waals surface area contributed by atoms with Crippen LogP contribution in [-0.4, -0.2) is 36.2 Å². The largest absolute Gasteiger partial charge is 0.493 e. The third-order valence-corrected chi connectivity index (χ3v) is 4.67. The number of para-hydroxylation sites is 1. The van der Waals surface area contributed by atoms with Gasteiger partial charge >= 0.3 is 5.97 Å². The van der Waals surface area contributed by atoms with Crippen LogP contribution in [-0.2, 0) is 17.9 Å². The van der Waals surface area contributed by atoms with E-state index in [1.807, 2.05) is 18.4 Å². The topological polar surface area (TPSA) is 67.8 Å². The van der Waals surface area contributed by atoms with Gasteiger partial charge in [-0.25, -0.2) is 4.39 Å². The zero-order chi connectivity index (χ0) is 19.6. The van der Waals surface area contributed by atoms with E-state index in [1.54, 1.807) is 37.1 Å². The highest BCUT2D eigenvalue weighted by Crippen LogP contribution is 2.32. The van der Waals surface area contributed by atoms with Crippen molar-refractivity contribution in [3.05, 3.63) is 59.4 Å². The summed E-state index contributed by atoms with van der Waals surface area (Å²) in [6.45, 7) is 0.587. The molecule has 0 spiro atoms. The summed E-state index contributed by atoms with van der Waals surface area (Å²) in [4.78, 5) is 11.4. The number of hydrogen-bond acceptors (Lipinski definition) is 5. The number of carbonyl (C=O) groups is 1. The Morgan fingerprint density at radius 2 is 2.00 bits per heavy atom. The minimum atomic E-state index is -0.874. The van der Waals surface area contributed by atoms with E-state index in [2.05, 4.69) is 5.32 Å². The Bertz CT molecular complexity index is 739. The summed E-state index contributed by atoms with van der Waals surface area (Å²) in [5, 5.41) is 12.4. The van der Waals surface area contributed by atoms with Crippen molar-refractivity contribution in [3.63, 3.8) is 0 Å². The van der Waals surface area contributed by atoms with E-state index in [9.17, 15) is 14.3 Å². The van der Waals surface area contributed by atoms with Crippen LogP contribution in [0.3, 0.4) is 0 Å². The third-order valence-electron chi connectivity index (χ3n) is 4.02. The fourth-order valence-corrected chi connectivity index (χ4v) is 3.01. The number of benzene rings is 2. The van der Waals surface area contributed by atoms with Crippen LogP contribution in [0.25, 0.3) is 0 Å². The molecule has 2 aromatic carbocycles. The molecule has 0 heterocycles. The molecule has 1 atom stereocenters. The highest BCUT2D eigenvalue weighted by molar-refractivity contribution is 7.98. The van der Waals surface area contributed by atoms with Crippen LogP contribution in [0.2, 0.25) is 0 Å². The standard InChI is InChI=1S/C20H24FNO4S/c1-25-18-5-3-4-15(12-22-17(20(23)24)10-11-27-2)19(18)26-13-14-6-8-16(21)9-7-14/h3-9,17,22H,10-13H2,1-2H3,(H,23,24). The molecule has 0 fully saturated rings. The van der Waals surface area contributed by atoms with Crippen molar-refractivity contribution in [1.29, 1.82) is 0 Å². The molecule has 27 heavy (non-hydrogen) atoms. The lowest BCUT2D eigenvalue weighted by Crippen LogP contribution is -2.36.